The molecule has 0 aliphatic heterocycles. The summed E-state index contributed by atoms with van der Waals surface area (Å²) in [4.78, 5) is 23.3. The van der Waals surface area contributed by atoms with Gasteiger partial charge in [0.25, 0.3) is 0 Å². The summed E-state index contributed by atoms with van der Waals surface area (Å²) in [6.45, 7) is 5.92. The quantitative estimate of drug-likeness (QED) is 0.255. The van der Waals surface area contributed by atoms with Crippen molar-refractivity contribution in [2.45, 2.75) is 39.0 Å². The fourth-order valence-electron chi connectivity index (χ4n) is 3.82. The summed E-state index contributed by atoms with van der Waals surface area (Å²) in [5, 5.41) is 24.4. The van der Waals surface area contributed by atoms with Gasteiger partial charge in [-0.25, -0.2) is 4.79 Å². The molecule has 202 valence electrons. The molecule has 0 spiro atoms. The number of anilines is 1. The number of rotatable bonds is 9. The molecule has 0 atom stereocenters. The first-order valence-electron chi connectivity index (χ1n) is 12.1. The highest BCUT2D eigenvalue weighted by molar-refractivity contribution is 6.34. The number of benzene rings is 3. The van der Waals surface area contributed by atoms with Gasteiger partial charge in [0, 0.05) is 12.8 Å². The Labute approximate surface area is 235 Å². The molecule has 0 saturated heterocycles. The minimum Gasteiger partial charge on any atom is -0.482 e. The number of ether oxygens (including phenoxy) is 1. The van der Waals surface area contributed by atoms with Crippen LogP contribution >= 0.6 is 23.2 Å². The zero-order chi connectivity index (χ0) is 28.2. The molecule has 39 heavy (non-hydrogen) atoms. The van der Waals surface area contributed by atoms with Crippen LogP contribution in [0.25, 0.3) is 16.8 Å². The standard InChI is InChI=1S/C28H27Cl2N5O4/c1-28(2,3)19-7-11-24(22(30)15-19)35-25(32-33-34-35)12-13-26(36)31-23-10-6-18(14-21(23)29)17-4-8-20(9-5-17)39-16-27(37)38/h4-11,14-15H,12-13,16H2,1-3H3,(H,31,36)(H,37,38). The number of aromatic nitrogens is 4. The second-order valence-corrected chi connectivity index (χ2v) is 10.7. The van der Waals surface area contributed by atoms with Gasteiger partial charge in [0.1, 0.15) is 5.75 Å². The number of aryl methyl sites for hydroxylation is 1. The zero-order valence-electron chi connectivity index (χ0n) is 21.6. The van der Waals surface area contributed by atoms with Crippen LogP contribution < -0.4 is 10.1 Å². The van der Waals surface area contributed by atoms with E-state index >= 15 is 0 Å². The molecule has 1 amide bonds. The minimum atomic E-state index is -1.04. The van der Waals surface area contributed by atoms with Crippen molar-refractivity contribution in [1.82, 2.24) is 20.2 Å². The Morgan fingerprint density at radius 3 is 2.33 bits per heavy atom. The molecule has 3 aromatic carbocycles. The van der Waals surface area contributed by atoms with E-state index in [0.717, 1.165) is 16.7 Å². The van der Waals surface area contributed by atoms with Crippen LogP contribution in [0.5, 0.6) is 5.75 Å². The molecule has 1 aromatic heterocycles. The number of hydrogen-bond donors (Lipinski definition) is 2. The number of carboxylic acid groups (broad SMARTS) is 1. The fourth-order valence-corrected chi connectivity index (χ4v) is 4.31. The third-order valence-corrected chi connectivity index (χ3v) is 6.56. The second-order valence-electron chi connectivity index (χ2n) is 9.87. The molecular weight excluding hydrogens is 541 g/mol. The Morgan fingerprint density at radius 2 is 1.69 bits per heavy atom. The van der Waals surface area contributed by atoms with E-state index in [9.17, 15) is 9.59 Å². The maximum absolute atomic E-state index is 12.7. The smallest absolute Gasteiger partial charge is 0.341 e. The van der Waals surface area contributed by atoms with Gasteiger partial charge in [0.2, 0.25) is 5.91 Å². The van der Waals surface area contributed by atoms with Crippen molar-refractivity contribution in [1.29, 1.82) is 0 Å². The van der Waals surface area contributed by atoms with Crippen molar-refractivity contribution < 1.29 is 19.4 Å². The van der Waals surface area contributed by atoms with Gasteiger partial charge >= 0.3 is 5.97 Å². The van der Waals surface area contributed by atoms with E-state index in [4.69, 9.17) is 33.0 Å². The highest BCUT2D eigenvalue weighted by Gasteiger charge is 2.18. The molecule has 0 saturated carbocycles. The van der Waals surface area contributed by atoms with Gasteiger partial charge in [-0.3, -0.25) is 4.79 Å². The Hall–Kier alpha value is -3.95. The van der Waals surface area contributed by atoms with Gasteiger partial charge in [-0.2, -0.15) is 4.68 Å². The number of hydrogen-bond acceptors (Lipinski definition) is 6. The van der Waals surface area contributed by atoms with Gasteiger partial charge in [0.05, 0.1) is 21.4 Å². The average molecular weight is 568 g/mol. The van der Waals surface area contributed by atoms with E-state index in [1.165, 1.54) is 0 Å². The van der Waals surface area contributed by atoms with E-state index in [2.05, 4.69) is 41.6 Å². The molecule has 0 bridgehead atoms. The van der Waals surface area contributed by atoms with Crippen LogP contribution in [0.1, 0.15) is 38.6 Å². The first-order chi connectivity index (χ1) is 18.5. The number of amides is 1. The number of carbonyl (C=O) groups is 2. The number of carbonyl (C=O) groups excluding carboxylic acids is 1. The fraction of sp³-hybridized carbons (Fsp3) is 0.250. The maximum atomic E-state index is 12.7. The molecule has 0 aliphatic rings. The van der Waals surface area contributed by atoms with Crippen molar-refractivity contribution in [3.05, 3.63) is 82.1 Å². The second kappa shape index (κ2) is 11.8. The number of aliphatic carboxylic acids is 1. The molecule has 9 nitrogen and oxygen atoms in total. The lowest BCUT2D eigenvalue weighted by Gasteiger charge is -2.20. The monoisotopic (exact) mass is 567 g/mol. The largest absolute Gasteiger partial charge is 0.482 e. The van der Waals surface area contributed by atoms with Crippen molar-refractivity contribution >= 4 is 40.8 Å². The summed E-state index contributed by atoms with van der Waals surface area (Å²) in [5.41, 5.74) is 3.86. The first-order valence-corrected chi connectivity index (χ1v) is 12.9. The molecule has 0 fully saturated rings. The maximum Gasteiger partial charge on any atom is 0.341 e. The molecule has 2 N–H and O–H groups in total. The first kappa shape index (κ1) is 28.1. The molecule has 4 rings (SSSR count). The molecule has 1 heterocycles. The zero-order valence-corrected chi connectivity index (χ0v) is 23.1. The highest BCUT2D eigenvalue weighted by Crippen LogP contribution is 2.31. The van der Waals surface area contributed by atoms with Crippen molar-refractivity contribution in [2.24, 2.45) is 0 Å². The average Bonchev–Trinajstić information content (AvgIpc) is 3.35. The number of halogens is 2. The third-order valence-electron chi connectivity index (χ3n) is 5.94. The molecular formula is C28H27Cl2N5O4. The van der Waals surface area contributed by atoms with Crippen LogP contribution in [0, 0.1) is 0 Å². The molecule has 0 aliphatic carbocycles. The van der Waals surface area contributed by atoms with Gasteiger partial charge in [-0.1, -0.05) is 68.2 Å². The number of tetrazole rings is 1. The normalized spacial score (nSPS) is 11.3. The van der Waals surface area contributed by atoms with E-state index in [0.29, 0.717) is 39.4 Å². The summed E-state index contributed by atoms with van der Waals surface area (Å²) in [5.74, 6) is -0.329. The lowest BCUT2D eigenvalue weighted by atomic mass is 9.87. The lowest BCUT2D eigenvalue weighted by Crippen LogP contribution is -2.15. The van der Waals surface area contributed by atoms with Crippen LogP contribution in [0.3, 0.4) is 0 Å². The molecule has 0 unspecified atom stereocenters. The SMILES string of the molecule is CC(C)(C)c1ccc(-n2nnnc2CCC(=O)Nc2ccc(-c3ccc(OCC(=O)O)cc3)cc2Cl)c(Cl)c1. The Bertz CT molecular complexity index is 1500. The molecule has 0 radical (unpaired) electrons. The van der Waals surface area contributed by atoms with Crippen molar-refractivity contribution in [3.63, 3.8) is 0 Å². The third kappa shape index (κ3) is 7.13. The molecule has 11 heteroatoms. The van der Waals surface area contributed by atoms with E-state index in [1.54, 1.807) is 41.1 Å². The Balaban J connectivity index is 1.38. The van der Waals surface area contributed by atoms with Gasteiger partial charge in [0.15, 0.2) is 12.4 Å². The molecule has 4 aromatic rings. The Morgan fingerprint density at radius 1 is 0.974 bits per heavy atom. The number of carboxylic acids is 1. The highest BCUT2D eigenvalue weighted by atomic mass is 35.5. The van der Waals surface area contributed by atoms with Gasteiger partial charge in [-0.05, 0) is 68.9 Å². The summed E-state index contributed by atoms with van der Waals surface area (Å²) in [6.07, 6.45) is 0.427. The summed E-state index contributed by atoms with van der Waals surface area (Å²) in [7, 11) is 0. The van der Waals surface area contributed by atoms with Crippen LogP contribution in [-0.2, 0) is 21.4 Å². The summed E-state index contributed by atoms with van der Waals surface area (Å²) < 4.78 is 6.70. The van der Waals surface area contributed by atoms with Crippen molar-refractivity contribution in [3.8, 4) is 22.6 Å². The summed E-state index contributed by atoms with van der Waals surface area (Å²) in [6, 6.07) is 18.0. The van der Waals surface area contributed by atoms with E-state index in [-0.39, 0.29) is 17.7 Å². The number of nitrogens with zero attached hydrogens (tertiary/aromatic N) is 4. The van der Waals surface area contributed by atoms with Crippen LogP contribution in [0.2, 0.25) is 10.0 Å². The van der Waals surface area contributed by atoms with Gasteiger partial charge in [-0.15, -0.1) is 5.10 Å². The van der Waals surface area contributed by atoms with Gasteiger partial charge < -0.3 is 15.2 Å². The summed E-state index contributed by atoms with van der Waals surface area (Å²) >= 11 is 13.0. The predicted molar refractivity (Wildman–Crippen MR) is 150 cm³/mol. The predicted octanol–water partition coefficient (Wildman–Crippen LogP) is 5.97. The topological polar surface area (TPSA) is 119 Å². The lowest BCUT2D eigenvalue weighted by molar-refractivity contribution is -0.139. The van der Waals surface area contributed by atoms with E-state index < -0.39 is 12.6 Å². The van der Waals surface area contributed by atoms with Crippen LogP contribution in [0.4, 0.5) is 5.69 Å². The number of nitrogens with one attached hydrogen (secondary N) is 1. The van der Waals surface area contributed by atoms with Crippen LogP contribution in [-0.4, -0.2) is 43.8 Å². The Kier molecular flexibility index (Phi) is 8.52. The van der Waals surface area contributed by atoms with E-state index in [1.807, 2.05) is 24.3 Å². The minimum absolute atomic E-state index is 0.0495. The van der Waals surface area contributed by atoms with Crippen LogP contribution in [0.15, 0.2) is 60.7 Å². The van der Waals surface area contributed by atoms with Crippen molar-refractivity contribution in [2.75, 3.05) is 11.9 Å².